The molecule has 2 aromatic carbocycles. The number of carbonyl (C=O) groups is 1. The first kappa shape index (κ1) is 16.3. The molecule has 0 fully saturated rings. The molecule has 0 aliphatic rings. The van der Waals surface area contributed by atoms with E-state index in [1.807, 2.05) is 48.5 Å². The van der Waals surface area contributed by atoms with Gasteiger partial charge in [-0.1, -0.05) is 34.1 Å². The van der Waals surface area contributed by atoms with Gasteiger partial charge in [0.2, 0.25) is 5.91 Å². The van der Waals surface area contributed by atoms with Gasteiger partial charge in [-0.2, -0.15) is 0 Å². The van der Waals surface area contributed by atoms with E-state index in [-0.39, 0.29) is 12.7 Å². The maximum Gasteiger partial charge on any atom is 0.248 e. The lowest BCUT2D eigenvalue weighted by Gasteiger charge is -2.04. The smallest absolute Gasteiger partial charge is 0.248 e. The molecule has 22 heavy (non-hydrogen) atoms. The van der Waals surface area contributed by atoms with Crippen molar-refractivity contribution in [3.05, 3.63) is 64.6 Å². The highest BCUT2D eigenvalue weighted by molar-refractivity contribution is 9.10. The van der Waals surface area contributed by atoms with Crippen molar-refractivity contribution in [2.45, 2.75) is 0 Å². The highest BCUT2D eigenvalue weighted by Crippen LogP contribution is 2.16. The fraction of sp³-hybridized carbons (Fsp3) is 0.118. The van der Waals surface area contributed by atoms with Gasteiger partial charge in [0.05, 0.1) is 0 Å². The number of hydrogen-bond acceptors (Lipinski definition) is 3. The van der Waals surface area contributed by atoms with Gasteiger partial charge in [-0.05, 0) is 42.0 Å². The number of methoxy groups -OCH3 is 1. The van der Waals surface area contributed by atoms with E-state index in [0.29, 0.717) is 0 Å². The van der Waals surface area contributed by atoms with Crippen molar-refractivity contribution in [3.8, 4) is 5.75 Å². The number of amides is 1. The standard InChI is InChI=1S/C17H16BrNO3/c1-21-12-22-16-8-5-13(6-9-16)7-10-17(20)19-15-4-2-3-14(18)11-15/h2-11H,12H2,1H3,(H,19,20)/b10-7+. The van der Waals surface area contributed by atoms with Crippen LogP contribution in [-0.2, 0) is 9.53 Å². The molecule has 5 heteroatoms. The molecule has 0 atom stereocenters. The van der Waals surface area contributed by atoms with Gasteiger partial charge in [0.1, 0.15) is 5.75 Å². The third kappa shape index (κ3) is 5.35. The minimum absolute atomic E-state index is 0.183. The van der Waals surface area contributed by atoms with Crippen LogP contribution in [0.5, 0.6) is 5.75 Å². The van der Waals surface area contributed by atoms with Crippen LogP contribution in [0.25, 0.3) is 6.08 Å². The molecule has 2 rings (SSSR count). The van der Waals surface area contributed by atoms with Crippen molar-refractivity contribution in [1.29, 1.82) is 0 Å². The average Bonchev–Trinajstić information content (AvgIpc) is 2.52. The zero-order valence-electron chi connectivity index (χ0n) is 12.1. The Bertz CT molecular complexity index is 653. The molecule has 0 aliphatic carbocycles. The van der Waals surface area contributed by atoms with Crippen molar-refractivity contribution in [2.24, 2.45) is 0 Å². The van der Waals surface area contributed by atoms with Crippen molar-refractivity contribution in [1.82, 2.24) is 0 Å². The normalized spacial score (nSPS) is 10.6. The molecule has 0 saturated carbocycles. The molecule has 2 aromatic rings. The second-order valence-electron chi connectivity index (χ2n) is 4.45. The van der Waals surface area contributed by atoms with Crippen LogP contribution in [0, 0.1) is 0 Å². The summed E-state index contributed by atoms with van der Waals surface area (Å²) >= 11 is 3.36. The molecule has 114 valence electrons. The Balaban J connectivity index is 1.92. The van der Waals surface area contributed by atoms with E-state index >= 15 is 0 Å². The first-order chi connectivity index (χ1) is 10.7. The highest BCUT2D eigenvalue weighted by Gasteiger charge is 1.98. The maximum atomic E-state index is 11.9. The summed E-state index contributed by atoms with van der Waals surface area (Å²) < 4.78 is 11.0. The summed E-state index contributed by atoms with van der Waals surface area (Å²) in [6.45, 7) is 0.213. The van der Waals surface area contributed by atoms with Gasteiger partial charge in [0, 0.05) is 23.3 Å². The highest BCUT2D eigenvalue weighted by atomic mass is 79.9. The third-order valence-electron chi connectivity index (χ3n) is 2.74. The second kappa shape index (κ2) is 8.36. The van der Waals surface area contributed by atoms with Crippen LogP contribution < -0.4 is 10.1 Å². The van der Waals surface area contributed by atoms with E-state index in [1.165, 1.54) is 6.08 Å². The summed E-state index contributed by atoms with van der Waals surface area (Å²) in [5, 5.41) is 2.80. The summed E-state index contributed by atoms with van der Waals surface area (Å²) in [4.78, 5) is 11.9. The molecule has 0 heterocycles. The minimum atomic E-state index is -0.183. The number of benzene rings is 2. The summed E-state index contributed by atoms with van der Waals surface area (Å²) in [5.74, 6) is 0.537. The molecular weight excluding hydrogens is 346 g/mol. The van der Waals surface area contributed by atoms with Crippen LogP contribution in [0.1, 0.15) is 5.56 Å². The van der Waals surface area contributed by atoms with Crippen LogP contribution in [0.3, 0.4) is 0 Å². The minimum Gasteiger partial charge on any atom is -0.468 e. The topological polar surface area (TPSA) is 47.6 Å². The molecule has 0 saturated heterocycles. The Labute approximate surface area is 137 Å². The lowest BCUT2D eigenvalue weighted by atomic mass is 10.2. The Morgan fingerprint density at radius 2 is 2.00 bits per heavy atom. The molecule has 0 aromatic heterocycles. The Morgan fingerprint density at radius 1 is 1.23 bits per heavy atom. The molecule has 4 nitrogen and oxygen atoms in total. The zero-order chi connectivity index (χ0) is 15.8. The number of rotatable bonds is 6. The summed E-state index contributed by atoms with van der Waals surface area (Å²) in [7, 11) is 1.57. The monoisotopic (exact) mass is 361 g/mol. The van der Waals surface area contributed by atoms with E-state index < -0.39 is 0 Å². The average molecular weight is 362 g/mol. The number of anilines is 1. The molecule has 0 unspecified atom stereocenters. The zero-order valence-corrected chi connectivity index (χ0v) is 13.7. The summed E-state index contributed by atoms with van der Waals surface area (Å²) in [6, 6.07) is 14.8. The quantitative estimate of drug-likeness (QED) is 0.622. The Kier molecular flexibility index (Phi) is 6.18. The molecular formula is C17H16BrNO3. The van der Waals surface area contributed by atoms with Gasteiger partial charge < -0.3 is 14.8 Å². The largest absolute Gasteiger partial charge is 0.468 e. The number of hydrogen-bond donors (Lipinski definition) is 1. The lowest BCUT2D eigenvalue weighted by Crippen LogP contribution is -2.07. The summed E-state index contributed by atoms with van der Waals surface area (Å²) in [6.07, 6.45) is 3.24. The van der Waals surface area contributed by atoms with Crippen LogP contribution in [0.4, 0.5) is 5.69 Å². The van der Waals surface area contributed by atoms with Gasteiger partial charge >= 0.3 is 0 Å². The van der Waals surface area contributed by atoms with Crippen LogP contribution in [0.15, 0.2) is 59.1 Å². The van der Waals surface area contributed by atoms with Crippen LogP contribution >= 0.6 is 15.9 Å². The van der Waals surface area contributed by atoms with E-state index in [9.17, 15) is 4.79 Å². The number of halogens is 1. The predicted octanol–water partition coefficient (Wildman–Crippen LogP) is 4.08. The predicted molar refractivity (Wildman–Crippen MR) is 90.8 cm³/mol. The molecule has 1 amide bonds. The molecule has 0 spiro atoms. The first-order valence-corrected chi connectivity index (χ1v) is 7.43. The van der Waals surface area contributed by atoms with Gasteiger partial charge in [-0.15, -0.1) is 0 Å². The fourth-order valence-corrected chi connectivity index (χ4v) is 2.12. The number of ether oxygens (including phenoxy) is 2. The van der Waals surface area contributed by atoms with Crippen molar-refractivity contribution in [3.63, 3.8) is 0 Å². The lowest BCUT2D eigenvalue weighted by molar-refractivity contribution is -0.111. The van der Waals surface area contributed by atoms with Crippen LogP contribution in [-0.4, -0.2) is 19.8 Å². The van der Waals surface area contributed by atoms with Crippen molar-refractivity contribution >= 4 is 33.6 Å². The van der Waals surface area contributed by atoms with E-state index in [1.54, 1.807) is 13.2 Å². The SMILES string of the molecule is COCOc1ccc(/C=C/C(=O)Nc2cccc(Br)c2)cc1. The summed E-state index contributed by atoms with van der Waals surface area (Å²) in [5.41, 5.74) is 1.65. The first-order valence-electron chi connectivity index (χ1n) is 6.64. The molecule has 0 aliphatic heterocycles. The van der Waals surface area contributed by atoms with Gasteiger partial charge in [-0.25, -0.2) is 0 Å². The van der Waals surface area contributed by atoms with Crippen LogP contribution in [0.2, 0.25) is 0 Å². The Hall–Kier alpha value is -2.11. The molecule has 0 bridgehead atoms. The Morgan fingerprint density at radius 3 is 2.68 bits per heavy atom. The van der Waals surface area contributed by atoms with Gasteiger partial charge in [-0.3, -0.25) is 4.79 Å². The molecule has 1 N–H and O–H groups in total. The second-order valence-corrected chi connectivity index (χ2v) is 5.37. The van der Waals surface area contributed by atoms with Gasteiger partial charge in [0.15, 0.2) is 6.79 Å². The van der Waals surface area contributed by atoms with E-state index in [0.717, 1.165) is 21.5 Å². The van der Waals surface area contributed by atoms with E-state index in [2.05, 4.69) is 21.2 Å². The van der Waals surface area contributed by atoms with Crippen molar-refractivity contribution < 1.29 is 14.3 Å². The fourth-order valence-electron chi connectivity index (χ4n) is 1.72. The molecule has 0 radical (unpaired) electrons. The number of nitrogens with one attached hydrogen (secondary N) is 1. The van der Waals surface area contributed by atoms with Gasteiger partial charge in [0.25, 0.3) is 0 Å². The maximum absolute atomic E-state index is 11.9. The third-order valence-corrected chi connectivity index (χ3v) is 3.24. The number of carbonyl (C=O) groups excluding carboxylic acids is 1. The van der Waals surface area contributed by atoms with Crippen molar-refractivity contribution in [2.75, 3.05) is 19.2 Å². The van der Waals surface area contributed by atoms with E-state index in [4.69, 9.17) is 9.47 Å².